The van der Waals surface area contributed by atoms with Gasteiger partial charge in [0.25, 0.3) is 0 Å². The van der Waals surface area contributed by atoms with Crippen LogP contribution in [0.3, 0.4) is 0 Å². The summed E-state index contributed by atoms with van der Waals surface area (Å²) in [5.41, 5.74) is 0. The van der Waals surface area contributed by atoms with Gasteiger partial charge < -0.3 is 20.3 Å². The van der Waals surface area contributed by atoms with E-state index in [0.29, 0.717) is 19.3 Å². The van der Waals surface area contributed by atoms with Crippen LogP contribution in [0.5, 0.6) is 0 Å². The first-order chi connectivity index (χ1) is 31.0. The van der Waals surface area contributed by atoms with E-state index >= 15 is 0 Å². The van der Waals surface area contributed by atoms with Gasteiger partial charge in [-0.1, -0.05) is 228 Å². The van der Waals surface area contributed by atoms with E-state index in [9.17, 15) is 19.8 Å². The largest absolute Gasteiger partial charge is 0.462 e. The van der Waals surface area contributed by atoms with Crippen LogP contribution < -0.4 is 5.32 Å². The quantitative estimate of drug-likeness (QED) is 0.0322. The number of amides is 1. The Morgan fingerprint density at radius 3 is 1.33 bits per heavy atom. The number of hydrogen-bond acceptors (Lipinski definition) is 5. The molecule has 6 nitrogen and oxygen atoms in total. The third kappa shape index (κ3) is 45.4. The maximum Gasteiger partial charge on any atom is 0.306 e. The van der Waals surface area contributed by atoms with Crippen LogP contribution in [0.15, 0.2) is 85.1 Å². The van der Waals surface area contributed by atoms with Crippen molar-refractivity contribution in [3.63, 3.8) is 0 Å². The first-order valence-electron chi connectivity index (χ1n) is 26.3. The van der Waals surface area contributed by atoms with E-state index in [1.54, 1.807) is 0 Å². The first kappa shape index (κ1) is 60.0. The Bertz CT molecular complexity index is 1210. The topological polar surface area (TPSA) is 95.9 Å². The minimum atomic E-state index is -0.815. The highest BCUT2D eigenvalue weighted by molar-refractivity contribution is 5.77. The standard InChI is InChI=1S/C57H99NO5/c1-4-7-10-13-16-19-22-25-27-28-29-31-33-36-39-42-45-48-53(63-57(62)50-47-44-41-38-35-30-24-21-18-15-12-9-6-3)51-56(61)58-54(52-59)55(60)49-46-43-40-37-34-32-26-23-20-17-14-11-8-5-2/h7,10,16,19,25,27,29-31,35-36,39,41,44,53-55,59-60H,4-6,8-9,11-15,17-18,20-24,26,28,32-34,37-38,40,42-43,45-52H2,1-3H3,(H,58,61)/b10-7-,19-16-,27-25-,31-29-,35-30-,39-36-,44-41+. The highest BCUT2D eigenvalue weighted by atomic mass is 16.5. The van der Waals surface area contributed by atoms with Crippen molar-refractivity contribution in [1.82, 2.24) is 5.32 Å². The van der Waals surface area contributed by atoms with Crippen LogP contribution in [0.1, 0.15) is 239 Å². The highest BCUT2D eigenvalue weighted by Crippen LogP contribution is 2.16. The summed E-state index contributed by atoms with van der Waals surface area (Å²) < 4.78 is 5.87. The Balaban J connectivity index is 4.76. The molecule has 3 N–H and O–H groups in total. The van der Waals surface area contributed by atoms with E-state index in [1.165, 1.54) is 109 Å². The van der Waals surface area contributed by atoms with Crippen molar-refractivity contribution in [3.05, 3.63) is 85.1 Å². The van der Waals surface area contributed by atoms with Gasteiger partial charge in [-0.15, -0.1) is 0 Å². The van der Waals surface area contributed by atoms with Gasteiger partial charge >= 0.3 is 5.97 Å². The predicted molar refractivity (Wildman–Crippen MR) is 273 cm³/mol. The van der Waals surface area contributed by atoms with Gasteiger partial charge in [-0.05, 0) is 83.5 Å². The van der Waals surface area contributed by atoms with Crippen LogP contribution in [0.4, 0.5) is 0 Å². The summed E-state index contributed by atoms with van der Waals surface area (Å²) in [4.78, 5) is 26.1. The maximum absolute atomic E-state index is 13.2. The van der Waals surface area contributed by atoms with Gasteiger partial charge in [-0.25, -0.2) is 0 Å². The number of allylic oxidation sites excluding steroid dienone is 14. The summed E-state index contributed by atoms with van der Waals surface area (Å²) >= 11 is 0. The smallest absolute Gasteiger partial charge is 0.306 e. The minimum absolute atomic E-state index is 0.0126. The van der Waals surface area contributed by atoms with E-state index in [-0.39, 0.29) is 31.3 Å². The van der Waals surface area contributed by atoms with E-state index in [2.05, 4.69) is 105 Å². The molecule has 0 aliphatic heterocycles. The SMILES string of the molecule is CC/C=C\C/C=C\C/C=C\C/C=C\C/C=C\CCCC(CC(=O)NC(CO)C(O)CCCCCCCCCCCCCCCC)OC(=O)CC/C=C/C/C=C\CCCCCCCC. The molecule has 0 heterocycles. The van der Waals surface area contributed by atoms with Gasteiger partial charge in [0.1, 0.15) is 6.10 Å². The second kappa shape index (κ2) is 50.0. The summed E-state index contributed by atoms with van der Waals surface area (Å²) in [6.45, 7) is 6.33. The average Bonchev–Trinajstić information content (AvgIpc) is 3.28. The Hall–Kier alpha value is -2.96. The Morgan fingerprint density at radius 2 is 0.873 bits per heavy atom. The molecule has 0 bridgehead atoms. The molecule has 0 fully saturated rings. The third-order valence-corrected chi connectivity index (χ3v) is 11.5. The molecule has 3 atom stereocenters. The molecule has 0 spiro atoms. The zero-order valence-corrected chi connectivity index (χ0v) is 41.2. The normalized spacial score (nSPS) is 13.9. The fourth-order valence-corrected chi connectivity index (χ4v) is 7.52. The zero-order chi connectivity index (χ0) is 45.9. The summed E-state index contributed by atoms with van der Waals surface area (Å²) in [5, 5.41) is 23.8. The molecule has 6 heteroatoms. The molecular weight excluding hydrogens is 779 g/mol. The van der Waals surface area contributed by atoms with Crippen LogP contribution >= 0.6 is 0 Å². The van der Waals surface area contributed by atoms with Gasteiger partial charge in [-0.2, -0.15) is 0 Å². The van der Waals surface area contributed by atoms with Crippen LogP contribution in [0, 0.1) is 0 Å². The molecule has 1 amide bonds. The van der Waals surface area contributed by atoms with Gasteiger partial charge in [0, 0.05) is 6.42 Å². The Morgan fingerprint density at radius 1 is 0.476 bits per heavy atom. The number of hydrogen-bond donors (Lipinski definition) is 3. The van der Waals surface area contributed by atoms with Crippen molar-refractivity contribution < 1.29 is 24.5 Å². The van der Waals surface area contributed by atoms with Crippen molar-refractivity contribution >= 4 is 11.9 Å². The second-order valence-corrected chi connectivity index (χ2v) is 17.5. The van der Waals surface area contributed by atoms with E-state index in [0.717, 1.165) is 77.0 Å². The number of aliphatic hydroxyl groups is 2. The lowest BCUT2D eigenvalue weighted by Crippen LogP contribution is -2.46. The highest BCUT2D eigenvalue weighted by Gasteiger charge is 2.23. The average molecular weight is 878 g/mol. The van der Waals surface area contributed by atoms with Crippen molar-refractivity contribution in [3.8, 4) is 0 Å². The number of esters is 1. The number of carbonyl (C=O) groups excluding carboxylic acids is 2. The fraction of sp³-hybridized carbons (Fsp3) is 0.719. The van der Waals surface area contributed by atoms with Crippen molar-refractivity contribution in [2.24, 2.45) is 0 Å². The minimum Gasteiger partial charge on any atom is -0.462 e. The number of carbonyl (C=O) groups is 2. The molecule has 0 aliphatic carbocycles. The molecule has 63 heavy (non-hydrogen) atoms. The molecule has 3 unspecified atom stereocenters. The first-order valence-corrected chi connectivity index (χ1v) is 26.3. The lowest BCUT2D eigenvalue weighted by Gasteiger charge is -2.24. The number of aliphatic hydroxyl groups excluding tert-OH is 2. The lowest BCUT2D eigenvalue weighted by atomic mass is 10.0. The predicted octanol–water partition coefficient (Wildman–Crippen LogP) is 16.0. The van der Waals surface area contributed by atoms with E-state index in [1.807, 2.05) is 6.08 Å². The summed E-state index contributed by atoms with van der Waals surface area (Å²) in [6, 6.07) is -0.734. The molecule has 0 saturated carbocycles. The summed E-state index contributed by atoms with van der Waals surface area (Å²) in [5.74, 6) is -0.614. The van der Waals surface area contributed by atoms with Gasteiger partial charge in [0.15, 0.2) is 0 Å². The molecule has 0 aromatic heterocycles. The summed E-state index contributed by atoms with van der Waals surface area (Å²) in [6.07, 6.45) is 65.1. The van der Waals surface area contributed by atoms with Crippen LogP contribution in [-0.2, 0) is 14.3 Å². The molecule has 0 aromatic carbocycles. The molecular formula is C57H99NO5. The second-order valence-electron chi connectivity index (χ2n) is 17.5. The monoisotopic (exact) mass is 878 g/mol. The van der Waals surface area contributed by atoms with E-state index in [4.69, 9.17) is 4.74 Å². The Labute approximate surface area is 389 Å². The van der Waals surface area contributed by atoms with Crippen LogP contribution in [-0.4, -0.2) is 46.9 Å². The van der Waals surface area contributed by atoms with Crippen molar-refractivity contribution in [1.29, 1.82) is 0 Å². The fourth-order valence-electron chi connectivity index (χ4n) is 7.52. The molecule has 0 saturated heterocycles. The molecule has 0 rings (SSSR count). The Kier molecular flexibility index (Phi) is 47.7. The van der Waals surface area contributed by atoms with Crippen LogP contribution in [0.2, 0.25) is 0 Å². The molecule has 362 valence electrons. The maximum atomic E-state index is 13.2. The number of rotatable bonds is 46. The van der Waals surface area contributed by atoms with Crippen molar-refractivity contribution in [2.45, 2.75) is 257 Å². The van der Waals surface area contributed by atoms with Gasteiger partial charge in [-0.3, -0.25) is 9.59 Å². The number of unbranched alkanes of at least 4 members (excludes halogenated alkanes) is 20. The summed E-state index contributed by atoms with van der Waals surface area (Å²) in [7, 11) is 0. The van der Waals surface area contributed by atoms with Crippen molar-refractivity contribution in [2.75, 3.05) is 6.61 Å². The molecule has 0 aliphatic rings. The number of nitrogens with one attached hydrogen (secondary N) is 1. The number of ether oxygens (including phenoxy) is 1. The lowest BCUT2D eigenvalue weighted by molar-refractivity contribution is -0.150. The van der Waals surface area contributed by atoms with Gasteiger partial charge in [0.2, 0.25) is 5.91 Å². The van der Waals surface area contributed by atoms with E-state index < -0.39 is 18.2 Å². The van der Waals surface area contributed by atoms with Crippen LogP contribution in [0.25, 0.3) is 0 Å². The third-order valence-electron chi connectivity index (χ3n) is 11.5. The van der Waals surface area contributed by atoms with Gasteiger partial charge in [0.05, 0.1) is 25.2 Å². The molecule has 0 radical (unpaired) electrons. The zero-order valence-electron chi connectivity index (χ0n) is 41.2. The molecule has 0 aromatic rings.